The Labute approximate surface area is 149 Å². The number of para-hydroxylation sites is 1. The van der Waals surface area contributed by atoms with Crippen molar-refractivity contribution in [2.75, 3.05) is 13.1 Å². The third-order valence-corrected chi connectivity index (χ3v) is 5.25. The van der Waals surface area contributed by atoms with Crippen molar-refractivity contribution >= 4 is 27.5 Å². The van der Waals surface area contributed by atoms with Gasteiger partial charge in [-0.1, -0.05) is 12.1 Å². The molecular weight excluding hydrogens is 318 g/mol. The van der Waals surface area contributed by atoms with Crippen LogP contribution in [0.3, 0.4) is 0 Å². The van der Waals surface area contributed by atoms with Gasteiger partial charge in [-0.05, 0) is 52.7 Å². The molecule has 0 saturated heterocycles. The molecule has 1 aromatic heterocycles. The Morgan fingerprint density at radius 2 is 1.92 bits per heavy atom. The van der Waals surface area contributed by atoms with Crippen LogP contribution in [-0.2, 0) is 11.2 Å². The molecule has 0 radical (unpaired) electrons. The van der Waals surface area contributed by atoms with Crippen LogP contribution in [0.2, 0.25) is 0 Å². The average Bonchev–Trinajstić information content (AvgIpc) is 2.93. The zero-order valence-corrected chi connectivity index (χ0v) is 16.0. The highest BCUT2D eigenvalue weighted by atomic mass is 32.1. The lowest BCUT2D eigenvalue weighted by molar-refractivity contribution is -0.121. The Bertz CT molecular complexity index is 610. The summed E-state index contributed by atoms with van der Waals surface area (Å²) < 4.78 is 1.22. The maximum Gasteiger partial charge on any atom is 0.220 e. The molecule has 132 valence electrons. The first-order valence-corrected chi connectivity index (χ1v) is 9.66. The number of hydrogen-bond acceptors (Lipinski definition) is 4. The fraction of sp³-hybridized carbons (Fsp3) is 0.579. The minimum absolute atomic E-state index is 0.142. The maximum absolute atomic E-state index is 12.0. The van der Waals surface area contributed by atoms with E-state index < -0.39 is 0 Å². The van der Waals surface area contributed by atoms with Gasteiger partial charge in [-0.15, -0.1) is 11.3 Å². The van der Waals surface area contributed by atoms with Crippen molar-refractivity contribution in [3.05, 3.63) is 29.3 Å². The molecule has 5 heteroatoms. The smallest absolute Gasteiger partial charge is 0.220 e. The highest BCUT2D eigenvalue weighted by molar-refractivity contribution is 7.18. The number of fused-ring (bicyclic) bond motifs is 1. The van der Waals surface area contributed by atoms with E-state index in [4.69, 9.17) is 0 Å². The predicted molar refractivity (Wildman–Crippen MR) is 103 cm³/mol. The second kappa shape index (κ2) is 9.14. The summed E-state index contributed by atoms with van der Waals surface area (Å²) in [6.07, 6.45) is 2.29. The molecule has 0 unspecified atom stereocenters. The largest absolute Gasteiger partial charge is 0.355 e. The second-order valence-corrected chi connectivity index (χ2v) is 7.82. The van der Waals surface area contributed by atoms with Crippen molar-refractivity contribution in [3.8, 4) is 0 Å². The number of thiazole rings is 1. The molecule has 0 fully saturated rings. The van der Waals surface area contributed by atoms with Crippen molar-refractivity contribution in [1.29, 1.82) is 0 Å². The number of nitrogens with one attached hydrogen (secondary N) is 1. The quantitative estimate of drug-likeness (QED) is 0.749. The molecule has 1 amide bonds. The first-order valence-electron chi connectivity index (χ1n) is 8.84. The summed E-state index contributed by atoms with van der Waals surface area (Å²) in [5.41, 5.74) is 1.06. The average molecular weight is 348 g/mol. The van der Waals surface area contributed by atoms with Gasteiger partial charge >= 0.3 is 0 Å². The Kier molecular flexibility index (Phi) is 7.18. The fourth-order valence-corrected chi connectivity index (χ4v) is 3.96. The van der Waals surface area contributed by atoms with E-state index in [0.717, 1.165) is 36.5 Å². The van der Waals surface area contributed by atoms with Gasteiger partial charge in [-0.3, -0.25) is 9.69 Å². The van der Waals surface area contributed by atoms with Gasteiger partial charge in [0.05, 0.1) is 15.2 Å². The van der Waals surface area contributed by atoms with E-state index >= 15 is 0 Å². The fourth-order valence-electron chi connectivity index (χ4n) is 2.95. The van der Waals surface area contributed by atoms with Gasteiger partial charge in [0.15, 0.2) is 0 Å². The molecular formula is C19H29N3OS. The molecule has 0 bridgehead atoms. The van der Waals surface area contributed by atoms with E-state index in [0.29, 0.717) is 18.5 Å². The lowest BCUT2D eigenvalue weighted by atomic mass is 10.2. The molecule has 0 spiro atoms. The molecule has 1 aromatic carbocycles. The van der Waals surface area contributed by atoms with Crippen molar-refractivity contribution < 1.29 is 4.79 Å². The van der Waals surface area contributed by atoms with E-state index in [1.807, 2.05) is 18.2 Å². The molecule has 24 heavy (non-hydrogen) atoms. The number of aromatic nitrogens is 1. The van der Waals surface area contributed by atoms with Crippen molar-refractivity contribution in [2.24, 2.45) is 0 Å². The third-order valence-electron chi connectivity index (χ3n) is 4.15. The van der Waals surface area contributed by atoms with Gasteiger partial charge in [0, 0.05) is 31.6 Å². The van der Waals surface area contributed by atoms with E-state index in [1.54, 1.807) is 11.3 Å². The van der Waals surface area contributed by atoms with Gasteiger partial charge in [-0.2, -0.15) is 0 Å². The van der Waals surface area contributed by atoms with Gasteiger partial charge in [0.1, 0.15) is 0 Å². The minimum Gasteiger partial charge on any atom is -0.355 e. The van der Waals surface area contributed by atoms with Crippen LogP contribution in [0.15, 0.2) is 24.3 Å². The topological polar surface area (TPSA) is 45.2 Å². The van der Waals surface area contributed by atoms with Crippen LogP contribution in [0, 0.1) is 0 Å². The summed E-state index contributed by atoms with van der Waals surface area (Å²) >= 11 is 1.73. The van der Waals surface area contributed by atoms with Gasteiger partial charge < -0.3 is 5.32 Å². The number of benzene rings is 1. The van der Waals surface area contributed by atoms with E-state index in [1.165, 1.54) is 4.70 Å². The van der Waals surface area contributed by atoms with E-state index in [-0.39, 0.29) is 5.91 Å². The van der Waals surface area contributed by atoms with Crippen LogP contribution in [0.4, 0.5) is 0 Å². The lowest BCUT2D eigenvalue weighted by Gasteiger charge is -2.30. The normalized spacial score (nSPS) is 11.8. The van der Waals surface area contributed by atoms with Crippen LogP contribution < -0.4 is 5.32 Å². The third kappa shape index (κ3) is 5.56. The Morgan fingerprint density at radius 1 is 1.21 bits per heavy atom. The highest BCUT2D eigenvalue weighted by Crippen LogP contribution is 2.22. The second-order valence-electron chi connectivity index (χ2n) is 6.70. The van der Waals surface area contributed by atoms with Crippen LogP contribution in [-0.4, -0.2) is 41.0 Å². The molecule has 2 rings (SSSR count). The number of hydrogen-bond donors (Lipinski definition) is 1. The molecule has 0 aliphatic heterocycles. The monoisotopic (exact) mass is 347 g/mol. The molecule has 1 N–H and O–H groups in total. The van der Waals surface area contributed by atoms with Gasteiger partial charge in [0.25, 0.3) is 0 Å². The SMILES string of the molecule is CC(C)N(CCNC(=O)CCCc1nc2ccccc2s1)C(C)C. The summed E-state index contributed by atoms with van der Waals surface area (Å²) in [5.74, 6) is 0.142. The summed E-state index contributed by atoms with van der Waals surface area (Å²) in [4.78, 5) is 19.0. The summed E-state index contributed by atoms with van der Waals surface area (Å²) in [7, 11) is 0. The summed E-state index contributed by atoms with van der Waals surface area (Å²) in [6.45, 7) is 10.4. The number of nitrogens with zero attached hydrogens (tertiary/aromatic N) is 2. The standard InChI is InChI=1S/C19H29N3OS/c1-14(2)22(15(3)4)13-12-20-18(23)10-7-11-19-21-16-8-5-6-9-17(16)24-19/h5-6,8-9,14-15H,7,10-13H2,1-4H3,(H,20,23). The Balaban J connectivity index is 1.68. The summed E-state index contributed by atoms with van der Waals surface area (Å²) in [5, 5.41) is 4.16. The Morgan fingerprint density at radius 3 is 2.58 bits per heavy atom. The number of aryl methyl sites for hydroxylation is 1. The number of carbonyl (C=O) groups excluding carboxylic acids is 1. The molecule has 1 heterocycles. The van der Waals surface area contributed by atoms with Crippen LogP contribution in [0.1, 0.15) is 45.5 Å². The number of carbonyl (C=O) groups is 1. The van der Waals surface area contributed by atoms with Gasteiger partial charge in [0.2, 0.25) is 5.91 Å². The molecule has 0 aliphatic rings. The summed E-state index contributed by atoms with van der Waals surface area (Å²) in [6, 6.07) is 9.18. The van der Waals surface area contributed by atoms with E-state index in [2.05, 4.69) is 49.0 Å². The number of rotatable bonds is 9. The van der Waals surface area contributed by atoms with Crippen LogP contribution in [0.25, 0.3) is 10.2 Å². The van der Waals surface area contributed by atoms with Gasteiger partial charge in [-0.25, -0.2) is 4.98 Å². The maximum atomic E-state index is 12.0. The highest BCUT2D eigenvalue weighted by Gasteiger charge is 2.13. The van der Waals surface area contributed by atoms with Crippen LogP contribution >= 0.6 is 11.3 Å². The first-order chi connectivity index (χ1) is 11.5. The number of amides is 1. The predicted octanol–water partition coefficient (Wildman–Crippen LogP) is 3.85. The van der Waals surface area contributed by atoms with E-state index in [9.17, 15) is 4.79 Å². The zero-order valence-electron chi connectivity index (χ0n) is 15.2. The molecule has 2 aromatic rings. The molecule has 0 aliphatic carbocycles. The zero-order chi connectivity index (χ0) is 17.5. The van der Waals surface area contributed by atoms with Crippen molar-refractivity contribution in [3.63, 3.8) is 0 Å². The lowest BCUT2D eigenvalue weighted by Crippen LogP contribution is -2.42. The van der Waals surface area contributed by atoms with Crippen molar-refractivity contribution in [2.45, 2.75) is 59.0 Å². The molecule has 0 saturated carbocycles. The van der Waals surface area contributed by atoms with Crippen LogP contribution in [0.5, 0.6) is 0 Å². The minimum atomic E-state index is 0.142. The molecule has 4 nitrogen and oxygen atoms in total. The first kappa shape index (κ1) is 18.9. The molecule has 0 atom stereocenters. The van der Waals surface area contributed by atoms with Crippen molar-refractivity contribution in [1.82, 2.24) is 15.2 Å². The Hall–Kier alpha value is -1.46.